The minimum atomic E-state index is -0.129. The summed E-state index contributed by atoms with van der Waals surface area (Å²) in [5.74, 6) is 1.52. The Balaban J connectivity index is 1.84. The van der Waals surface area contributed by atoms with Gasteiger partial charge in [-0.3, -0.25) is 4.79 Å². The zero-order valence-corrected chi connectivity index (χ0v) is 12.6. The molecule has 1 fully saturated rings. The quantitative estimate of drug-likeness (QED) is 0.829. The molecule has 0 aromatic carbocycles. The van der Waals surface area contributed by atoms with E-state index in [1.807, 2.05) is 0 Å². The summed E-state index contributed by atoms with van der Waals surface area (Å²) in [6.07, 6.45) is 3.74. The van der Waals surface area contributed by atoms with Gasteiger partial charge in [-0.25, -0.2) is 0 Å². The van der Waals surface area contributed by atoms with Gasteiger partial charge in [0.25, 0.3) is 5.91 Å². The molecule has 3 nitrogen and oxygen atoms in total. The van der Waals surface area contributed by atoms with Crippen LogP contribution in [0.25, 0.3) is 0 Å². The summed E-state index contributed by atoms with van der Waals surface area (Å²) in [6, 6.07) is 3.40. The lowest BCUT2D eigenvalue weighted by Crippen LogP contribution is -2.30. The average Bonchev–Trinajstić information content (AvgIpc) is 2.94. The summed E-state index contributed by atoms with van der Waals surface area (Å²) in [5.41, 5.74) is 0. The molecule has 1 saturated carbocycles. The Labute approximate surface area is 118 Å². The molecule has 1 heterocycles. The summed E-state index contributed by atoms with van der Waals surface area (Å²) in [6.45, 7) is 0.743. The van der Waals surface area contributed by atoms with E-state index in [4.69, 9.17) is 4.42 Å². The van der Waals surface area contributed by atoms with Crippen LogP contribution in [0.2, 0.25) is 0 Å². The first kappa shape index (κ1) is 13.1. The molecular weight excluding hydrogens is 350 g/mol. The highest BCUT2D eigenvalue weighted by Crippen LogP contribution is 2.32. The predicted octanol–water partition coefficient (Wildman–Crippen LogP) is 3.58. The average molecular weight is 365 g/mol. The number of hydrogen-bond donors (Lipinski definition) is 1. The molecule has 17 heavy (non-hydrogen) atoms. The van der Waals surface area contributed by atoms with Gasteiger partial charge in [-0.15, -0.1) is 0 Å². The Hall–Kier alpha value is -0.290. The first-order valence-corrected chi connectivity index (χ1v) is 7.71. The second kappa shape index (κ2) is 6.05. The van der Waals surface area contributed by atoms with Gasteiger partial charge in [-0.05, 0) is 52.7 Å². The molecule has 0 radical (unpaired) electrons. The maximum Gasteiger partial charge on any atom is 0.287 e. The van der Waals surface area contributed by atoms with Crippen molar-refractivity contribution < 1.29 is 9.21 Å². The Morgan fingerprint density at radius 1 is 1.41 bits per heavy atom. The van der Waals surface area contributed by atoms with Gasteiger partial charge >= 0.3 is 0 Å². The number of furan rings is 1. The lowest BCUT2D eigenvalue weighted by Gasteiger charge is -2.17. The third-order valence-electron chi connectivity index (χ3n) is 3.34. The van der Waals surface area contributed by atoms with Crippen LogP contribution in [0.5, 0.6) is 0 Å². The molecule has 0 saturated heterocycles. The second-order valence-corrected chi connectivity index (χ2v) is 5.85. The number of hydrogen-bond acceptors (Lipinski definition) is 2. The van der Waals surface area contributed by atoms with Crippen LogP contribution in [0.1, 0.15) is 29.8 Å². The molecule has 1 N–H and O–H groups in total. The molecule has 1 aromatic rings. The van der Waals surface area contributed by atoms with Crippen LogP contribution >= 0.6 is 31.9 Å². The van der Waals surface area contributed by atoms with Gasteiger partial charge in [-0.2, -0.15) is 0 Å². The van der Waals surface area contributed by atoms with E-state index in [1.165, 1.54) is 19.3 Å². The van der Waals surface area contributed by atoms with Crippen molar-refractivity contribution in [2.75, 3.05) is 11.9 Å². The van der Waals surface area contributed by atoms with Crippen LogP contribution in [0.4, 0.5) is 0 Å². The van der Waals surface area contributed by atoms with E-state index in [9.17, 15) is 4.79 Å². The summed E-state index contributed by atoms with van der Waals surface area (Å²) in [4.78, 5) is 11.8. The fraction of sp³-hybridized carbons (Fsp3) is 0.583. The number of halogens is 2. The first-order valence-electron chi connectivity index (χ1n) is 5.80. The van der Waals surface area contributed by atoms with Crippen molar-refractivity contribution >= 4 is 37.8 Å². The molecular formula is C12H15Br2NO2. The van der Waals surface area contributed by atoms with E-state index in [0.717, 1.165) is 11.9 Å². The van der Waals surface area contributed by atoms with Crippen molar-refractivity contribution in [2.45, 2.75) is 19.3 Å². The number of nitrogens with one attached hydrogen (secondary N) is 1. The maximum absolute atomic E-state index is 11.8. The van der Waals surface area contributed by atoms with Crippen molar-refractivity contribution in [1.82, 2.24) is 5.32 Å². The highest BCUT2D eigenvalue weighted by molar-refractivity contribution is 9.10. The Morgan fingerprint density at radius 3 is 2.82 bits per heavy atom. The smallest absolute Gasteiger partial charge is 0.287 e. The predicted molar refractivity (Wildman–Crippen MR) is 73.4 cm³/mol. The molecule has 0 aliphatic heterocycles. The van der Waals surface area contributed by atoms with Crippen LogP contribution < -0.4 is 5.32 Å². The number of carbonyl (C=O) groups excluding carboxylic acids is 1. The Kier molecular flexibility index (Phi) is 4.68. The largest absolute Gasteiger partial charge is 0.444 e. The fourth-order valence-corrected chi connectivity index (χ4v) is 3.49. The molecule has 5 heteroatoms. The monoisotopic (exact) mass is 363 g/mol. The normalized spacial score (nSPS) is 23.9. The summed E-state index contributed by atoms with van der Waals surface area (Å²) >= 11 is 6.72. The van der Waals surface area contributed by atoms with Gasteiger partial charge in [0.1, 0.15) is 0 Å². The van der Waals surface area contributed by atoms with Crippen LogP contribution in [-0.4, -0.2) is 17.8 Å². The third kappa shape index (κ3) is 3.35. The maximum atomic E-state index is 11.8. The summed E-state index contributed by atoms with van der Waals surface area (Å²) in [5, 5.41) is 3.97. The standard InChI is InChI=1S/C12H15Br2NO2/c13-6-8-2-1-3-9(8)7-15-12(16)10-4-5-11(14)17-10/h4-5,8-9H,1-3,6-7H2,(H,15,16). The van der Waals surface area contributed by atoms with Gasteiger partial charge < -0.3 is 9.73 Å². The van der Waals surface area contributed by atoms with Gasteiger partial charge in [0.2, 0.25) is 0 Å². The van der Waals surface area contributed by atoms with E-state index in [0.29, 0.717) is 22.3 Å². The van der Waals surface area contributed by atoms with Crippen molar-refractivity contribution in [3.05, 3.63) is 22.6 Å². The molecule has 1 aliphatic carbocycles. The minimum Gasteiger partial charge on any atom is -0.444 e. The fourth-order valence-electron chi connectivity index (χ4n) is 2.33. The van der Waals surface area contributed by atoms with Crippen molar-refractivity contribution in [2.24, 2.45) is 11.8 Å². The van der Waals surface area contributed by atoms with E-state index >= 15 is 0 Å². The Morgan fingerprint density at radius 2 is 2.18 bits per heavy atom. The van der Waals surface area contributed by atoms with Crippen LogP contribution in [0.15, 0.2) is 21.2 Å². The molecule has 2 unspecified atom stereocenters. The molecule has 1 aliphatic rings. The Bertz CT molecular complexity index is 392. The molecule has 2 rings (SSSR count). The lowest BCUT2D eigenvalue weighted by atomic mass is 9.98. The summed E-state index contributed by atoms with van der Waals surface area (Å²) < 4.78 is 5.79. The highest BCUT2D eigenvalue weighted by atomic mass is 79.9. The molecule has 94 valence electrons. The van der Waals surface area contributed by atoms with Crippen LogP contribution in [-0.2, 0) is 0 Å². The molecule has 1 amide bonds. The highest BCUT2D eigenvalue weighted by Gasteiger charge is 2.26. The third-order valence-corrected chi connectivity index (χ3v) is 4.59. The molecule has 0 bridgehead atoms. The van der Waals surface area contributed by atoms with Gasteiger partial charge in [0.15, 0.2) is 10.4 Å². The van der Waals surface area contributed by atoms with Crippen LogP contribution in [0.3, 0.4) is 0 Å². The van der Waals surface area contributed by atoms with Crippen molar-refractivity contribution in [3.63, 3.8) is 0 Å². The summed E-state index contributed by atoms with van der Waals surface area (Å²) in [7, 11) is 0. The zero-order chi connectivity index (χ0) is 12.3. The lowest BCUT2D eigenvalue weighted by molar-refractivity contribution is 0.0915. The zero-order valence-electron chi connectivity index (χ0n) is 9.42. The van der Waals surface area contributed by atoms with E-state index < -0.39 is 0 Å². The van der Waals surface area contributed by atoms with Crippen molar-refractivity contribution in [3.8, 4) is 0 Å². The van der Waals surface area contributed by atoms with Crippen molar-refractivity contribution in [1.29, 1.82) is 0 Å². The molecule has 0 spiro atoms. The molecule has 2 atom stereocenters. The van der Waals surface area contributed by atoms with Gasteiger partial charge in [0, 0.05) is 11.9 Å². The topological polar surface area (TPSA) is 42.2 Å². The number of alkyl halides is 1. The molecule has 1 aromatic heterocycles. The van der Waals surface area contributed by atoms with Gasteiger partial charge in [0.05, 0.1) is 0 Å². The van der Waals surface area contributed by atoms with Crippen LogP contribution in [0, 0.1) is 11.8 Å². The number of amides is 1. The minimum absolute atomic E-state index is 0.129. The number of rotatable bonds is 4. The van der Waals surface area contributed by atoms with E-state index in [2.05, 4.69) is 37.2 Å². The number of carbonyl (C=O) groups is 1. The SMILES string of the molecule is O=C(NCC1CCCC1CBr)c1ccc(Br)o1. The van der Waals surface area contributed by atoms with E-state index in [1.54, 1.807) is 12.1 Å². The van der Waals surface area contributed by atoms with E-state index in [-0.39, 0.29) is 5.91 Å². The second-order valence-electron chi connectivity index (χ2n) is 4.42. The van der Waals surface area contributed by atoms with Gasteiger partial charge in [-0.1, -0.05) is 22.4 Å². The first-order chi connectivity index (χ1) is 8.20.